The van der Waals surface area contributed by atoms with E-state index in [1.165, 1.54) is 35.3 Å². The summed E-state index contributed by atoms with van der Waals surface area (Å²) in [6, 6.07) is 0. The quantitative estimate of drug-likeness (QED) is 0.687. The third kappa shape index (κ3) is 3.86. The van der Waals surface area contributed by atoms with Gasteiger partial charge in [-0.2, -0.15) is 0 Å². The first-order valence-corrected chi connectivity index (χ1v) is 13.2. The van der Waals surface area contributed by atoms with Crippen LogP contribution in [0.4, 0.5) is 0 Å². The summed E-state index contributed by atoms with van der Waals surface area (Å²) in [7, 11) is -1.52. The predicted octanol–water partition coefficient (Wildman–Crippen LogP) is 3.08. The van der Waals surface area contributed by atoms with Crippen LogP contribution in [-0.4, -0.2) is 16.1 Å². The Hall–Kier alpha value is 1.63. The molecule has 0 spiro atoms. The van der Waals surface area contributed by atoms with E-state index in [4.69, 9.17) is 0 Å². The van der Waals surface area contributed by atoms with Gasteiger partial charge in [-0.15, -0.1) is 0 Å². The van der Waals surface area contributed by atoms with Crippen molar-refractivity contribution in [3.8, 4) is 0 Å². The van der Waals surface area contributed by atoms with Crippen molar-refractivity contribution in [2.75, 3.05) is 0 Å². The Morgan fingerprint density at radius 1 is 0.800 bits per heavy atom. The van der Waals surface area contributed by atoms with Crippen molar-refractivity contribution in [1.82, 2.24) is 0 Å². The molecule has 0 atom stereocenters. The van der Waals surface area contributed by atoms with Crippen molar-refractivity contribution in [2.45, 2.75) is 40.8 Å². The summed E-state index contributed by atoms with van der Waals surface area (Å²) in [5, 5.41) is 0. The summed E-state index contributed by atoms with van der Waals surface area (Å²) >= 11 is 1.23. The molecule has 0 nitrogen and oxygen atoms in total. The van der Waals surface area contributed by atoms with E-state index in [-0.39, 0.29) is 0 Å². The van der Waals surface area contributed by atoms with E-state index in [1.807, 2.05) is 0 Å². The fourth-order valence-electron chi connectivity index (χ4n) is 1.30. The van der Waals surface area contributed by atoms with Crippen LogP contribution >= 0.6 is 0 Å². The van der Waals surface area contributed by atoms with Crippen LogP contribution in [0.2, 0.25) is 40.8 Å². The van der Waals surface area contributed by atoms with Crippen molar-refractivity contribution >= 4 is 16.1 Å². The fraction of sp³-hybridized carbons (Fsp3) is 1.00. The van der Waals surface area contributed by atoms with E-state index in [2.05, 4.69) is 39.3 Å². The molecule has 58 valence electrons. The maximum absolute atomic E-state index is 2.52. The molecule has 0 aliphatic carbocycles. The molecular weight excluding hydrogens is 279 g/mol. The Balaban J connectivity index is 4.23. The zero-order chi connectivity index (χ0) is 8.58. The first-order chi connectivity index (χ1) is 4.15. The molecule has 0 rings (SSSR count). The molecule has 0 aliphatic heterocycles. The molecule has 10 heavy (non-hydrogen) atoms. The van der Waals surface area contributed by atoms with Crippen LogP contribution in [0, 0.1) is 33.7 Å². The predicted molar refractivity (Wildman–Crippen MR) is 50.4 cm³/mol. The second kappa shape index (κ2) is 3.56. The molecule has 0 aromatic carbocycles. The van der Waals surface area contributed by atoms with Gasteiger partial charge in [-0.25, -0.2) is 0 Å². The molecule has 0 aliphatic rings. The molecule has 0 amide bonds. The van der Waals surface area contributed by atoms with Gasteiger partial charge < -0.3 is 0 Å². The minimum atomic E-state index is -0.760. The zero-order valence-corrected chi connectivity index (χ0v) is 13.8. The Morgan fingerprint density at radius 3 is 1.00 bits per heavy atom. The van der Waals surface area contributed by atoms with Crippen molar-refractivity contribution in [3.63, 3.8) is 0 Å². The standard InChI is InChI=1S/C7H19Si2.La/c1-8(2,3)7-9(4,5)6;/h7H,1-6H3;. The molecule has 0 bridgehead atoms. The molecule has 0 heterocycles. The maximum atomic E-state index is 2.52. The van der Waals surface area contributed by atoms with Gasteiger partial charge in [0.05, 0.1) is 0 Å². The van der Waals surface area contributed by atoms with E-state index in [0.29, 0.717) is 0 Å². The van der Waals surface area contributed by atoms with Gasteiger partial charge in [-0.3, -0.25) is 0 Å². The number of rotatable bonds is 2. The fourth-order valence-corrected chi connectivity index (χ4v) is 11.7. The van der Waals surface area contributed by atoms with E-state index in [9.17, 15) is 0 Å². The van der Waals surface area contributed by atoms with Crippen LogP contribution < -0.4 is 0 Å². The minimum absolute atomic E-state index is 0.760. The van der Waals surface area contributed by atoms with Crippen LogP contribution in [0.1, 0.15) is 0 Å². The van der Waals surface area contributed by atoms with Gasteiger partial charge in [0.2, 0.25) is 0 Å². The van der Waals surface area contributed by atoms with Crippen LogP contribution in [0.15, 0.2) is 0 Å². The Morgan fingerprint density at radius 2 is 1.00 bits per heavy atom. The Kier molecular flexibility index (Phi) is 4.14. The summed E-state index contributed by atoms with van der Waals surface area (Å²) in [6.45, 7) is 15.1. The Labute approximate surface area is 89.8 Å². The van der Waals surface area contributed by atoms with E-state index >= 15 is 0 Å². The van der Waals surface area contributed by atoms with Crippen molar-refractivity contribution in [2.24, 2.45) is 0 Å². The van der Waals surface area contributed by atoms with Crippen LogP contribution in [0.25, 0.3) is 0 Å². The molecule has 0 saturated heterocycles. The average molecular weight is 298 g/mol. The van der Waals surface area contributed by atoms with Crippen LogP contribution in [-0.2, 0) is 0 Å². The first-order valence-electron chi connectivity index (χ1n) is 3.91. The third-order valence-electron chi connectivity index (χ3n) is 1.87. The molecule has 3 heteroatoms. The Bertz CT molecular complexity index is 95.8. The first kappa shape index (κ1) is 11.6. The van der Waals surface area contributed by atoms with Gasteiger partial charge in [0.1, 0.15) is 0 Å². The van der Waals surface area contributed by atoms with Crippen LogP contribution in [0.3, 0.4) is 0 Å². The molecule has 0 saturated carbocycles. The molecule has 0 N–H and O–H groups in total. The monoisotopic (exact) mass is 298 g/mol. The molecule has 0 unspecified atom stereocenters. The second-order valence-corrected chi connectivity index (χ2v) is 22.8. The third-order valence-corrected chi connectivity index (χ3v) is 29.6. The normalized spacial score (nSPS) is 14.2. The summed E-state index contributed by atoms with van der Waals surface area (Å²) in [5.41, 5.74) is 0. The SMILES string of the molecule is C[Si](C)(C)[CH]([La])[Si](C)(C)C. The molecule has 0 fully saturated rings. The second-order valence-electron chi connectivity index (χ2n) is 5.21. The van der Waals surface area contributed by atoms with Crippen LogP contribution in [0.5, 0.6) is 0 Å². The molecule has 0 aromatic heterocycles. The summed E-state index contributed by atoms with van der Waals surface area (Å²) < 4.78 is 1.21. The molecular formula is C7H19LaSi2. The average Bonchev–Trinajstić information content (AvgIpc) is 1.59. The van der Waals surface area contributed by atoms with Gasteiger partial charge in [0.25, 0.3) is 0 Å². The number of hydrogen-bond donors (Lipinski definition) is 0. The van der Waals surface area contributed by atoms with Crippen molar-refractivity contribution in [1.29, 1.82) is 0 Å². The summed E-state index contributed by atoms with van der Waals surface area (Å²) in [5.74, 6) is 0. The van der Waals surface area contributed by atoms with E-state index in [0.717, 1.165) is 0 Å². The zero-order valence-electron chi connectivity index (χ0n) is 8.15. The summed E-state index contributed by atoms with van der Waals surface area (Å²) in [4.78, 5) is 0. The van der Waals surface area contributed by atoms with E-state index < -0.39 is 16.1 Å². The van der Waals surface area contributed by atoms with E-state index in [1.54, 1.807) is 0 Å². The number of hydrogen-bond acceptors (Lipinski definition) is 0. The van der Waals surface area contributed by atoms with Crippen molar-refractivity contribution < 1.29 is 33.7 Å². The topological polar surface area (TPSA) is 0 Å². The van der Waals surface area contributed by atoms with Gasteiger partial charge in [0, 0.05) is 0 Å². The van der Waals surface area contributed by atoms with Gasteiger partial charge >= 0.3 is 90.7 Å². The van der Waals surface area contributed by atoms with Gasteiger partial charge in [-0.05, 0) is 0 Å². The molecule has 0 aromatic rings. The molecule has 0 radical (unpaired) electrons. The summed E-state index contributed by atoms with van der Waals surface area (Å²) in [6.07, 6.45) is 0. The van der Waals surface area contributed by atoms with Gasteiger partial charge in [0.15, 0.2) is 0 Å². The van der Waals surface area contributed by atoms with Gasteiger partial charge in [-0.1, -0.05) is 0 Å². The van der Waals surface area contributed by atoms with Crippen molar-refractivity contribution in [3.05, 3.63) is 0 Å².